The Balaban J connectivity index is 1.71. The molecule has 3 amide bonds. The Morgan fingerprint density at radius 3 is 2.62 bits per heavy atom. The number of nitrogens with one attached hydrogen (secondary N) is 2. The second-order valence-electron chi connectivity index (χ2n) is 5.45. The second kappa shape index (κ2) is 8.75. The van der Waals surface area contributed by atoms with Crippen LogP contribution in [0.4, 0.5) is 14.9 Å². The Hall–Kier alpha value is -3.23. The SMILES string of the molecule is Cc1noc(C)c1CCC(=O)OCC(=O)NC(=O)Nc1ccccc1F. The molecule has 9 heteroatoms. The number of carbonyl (C=O) groups is 3. The number of carbonyl (C=O) groups excluding carboxylic acids is 3. The van der Waals surface area contributed by atoms with Crippen LogP contribution in [0.2, 0.25) is 0 Å². The number of amides is 3. The van der Waals surface area contributed by atoms with Gasteiger partial charge in [0.15, 0.2) is 6.61 Å². The molecule has 0 aliphatic heterocycles. The second-order valence-corrected chi connectivity index (χ2v) is 5.45. The number of aromatic nitrogens is 1. The Kier molecular flexibility index (Phi) is 6.42. The molecule has 8 nitrogen and oxygen atoms in total. The van der Waals surface area contributed by atoms with E-state index >= 15 is 0 Å². The predicted molar refractivity (Wildman–Crippen MR) is 88.8 cm³/mol. The molecule has 0 spiro atoms. The molecule has 0 aliphatic rings. The highest BCUT2D eigenvalue weighted by Crippen LogP contribution is 2.14. The topological polar surface area (TPSA) is 111 Å². The van der Waals surface area contributed by atoms with Crippen molar-refractivity contribution in [2.45, 2.75) is 26.7 Å². The summed E-state index contributed by atoms with van der Waals surface area (Å²) in [5, 5.41) is 7.90. The standard InChI is InChI=1S/C17H18FN3O5/c1-10-12(11(2)26-21-10)7-8-16(23)25-9-15(22)20-17(24)19-14-6-4-3-5-13(14)18/h3-6H,7-9H2,1-2H3,(H2,19,20,22,24). The van der Waals surface area contributed by atoms with Crippen molar-refractivity contribution in [2.24, 2.45) is 0 Å². The fraction of sp³-hybridized carbons (Fsp3) is 0.294. The number of aryl methyl sites for hydroxylation is 2. The number of rotatable bonds is 6. The highest BCUT2D eigenvalue weighted by atomic mass is 19.1. The van der Waals surface area contributed by atoms with Gasteiger partial charge in [0.2, 0.25) is 0 Å². The zero-order valence-corrected chi connectivity index (χ0v) is 14.3. The van der Waals surface area contributed by atoms with Gasteiger partial charge in [-0.1, -0.05) is 17.3 Å². The van der Waals surface area contributed by atoms with Gasteiger partial charge in [-0.2, -0.15) is 0 Å². The third kappa shape index (κ3) is 5.40. The number of imide groups is 1. The van der Waals surface area contributed by atoms with Crippen molar-refractivity contribution in [3.05, 3.63) is 47.1 Å². The summed E-state index contributed by atoms with van der Waals surface area (Å²) in [5.74, 6) is -1.45. The first-order valence-electron chi connectivity index (χ1n) is 7.79. The van der Waals surface area contributed by atoms with E-state index in [2.05, 4.69) is 10.5 Å². The van der Waals surface area contributed by atoms with E-state index in [0.29, 0.717) is 17.9 Å². The molecule has 2 N–H and O–H groups in total. The van der Waals surface area contributed by atoms with Crippen LogP contribution in [0.5, 0.6) is 0 Å². The molecule has 0 saturated carbocycles. The summed E-state index contributed by atoms with van der Waals surface area (Å²) in [6.07, 6.45) is 0.410. The summed E-state index contributed by atoms with van der Waals surface area (Å²) >= 11 is 0. The number of para-hydroxylation sites is 1. The maximum atomic E-state index is 13.4. The van der Waals surface area contributed by atoms with Crippen LogP contribution in [-0.2, 0) is 20.7 Å². The van der Waals surface area contributed by atoms with Gasteiger partial charge in [0.25, 0.3) is 5.91 Å². The highest BCUT2D eigenvalue weighted by molar-refractivity contribution is 6.01. The summed E-state index contributed by atoms with van der Waals surface area (Å²) in [6, 6.07) is 4.57. The quantitative estimate of drug-likeness (QED) is 0.762. The summed E-state index contributed by atoms with van der Waals surface area (Å²) in [6.45, 7) is 2.88. The summed E-state index contributed by atoms with van der Waals surface area (Å²) in [5.41, 5.74) is 1.43. The Bertz CT molecular complexity index is 799. The van der Waals surface area contributed by atoms with Gasteiger partial charge in [-0.25, -0.2) is 9.18 Å². The van der Waals surface area contributed by atoms with Crippen molar-refractivity contribution in [1.82, 2.24) is 10.5 Å². The molecule has 1 aromatic heterocycles. The Morgan fingerprint density at radius 2 is 1.96 bits per heavy atom. The maximum absolute atomic E-state index is 13.4. The first-order chi connectivity index (χ1) is 12.4. The van der Waals surface area contributed by atoms with Crippen LogP contribution in [-0.4, -0.2) is 29.7 Å². The van der Waals surface area contributed by atoms with Crippen molar-refractivity contribution in [2.75, 3.05) is 11.9 Å². The summed E-state index contributed by atoms with van der Waals surface area (Å²) in [7, 11) is 0. The molecule has 0 radical (unpaired) electrons. The molecule has 0 atom stereocenters. The molecule has 0 unspecified atom stereocenters. The average Bonchev–Trinajstić information content (AvgIpc) is 2.91. The molecule has 0 aliphatic carbocycles. The molecule has 0 bridgehead atoms. The number of ether oxygens (including phenoxy) is 1. The highest BCUT2D eigenvalue weighted by Gasteiger charge is 2.14. The van der Waals surface area contributed by atoms with Crippen LogP contribution in [0, 0.1) is 19.7 Å². The summed E-state index contributed by atoms with van der Waals surface area (Å²) < 4.78 is 23.2. The molecule has 0 saturated heterocycles. The first kappa shape index (κ1) is 19.1. The van der Waals surface area contributed by atoms with E-state index in [9.17, 15) is 18.8 Å². The van der Waals surface area contributed by atoms with Crippen molar-refractivity contribution in [1.29, 1.82) is 0 Å². The van der Waals surface area contributed by atoms with Gasteiger partial charge in [0.05, 0.1) is 11.4 Å². The molecule has 2 rings (SSSR count). The average molecular weight is 363 g/mol. The van der Waals surface area contributed by atoms with Crippen LogP contribution in [0.1, 0.15) is 23.4 Å². The van der Waals surface area contributed by atoms with E-state index in [1.54, 1.807) is 13.8 Å². The van der Waals surface area contributed by atoms with E-state index in [4.69, 9.17) is 9.26 Å². The summed E-state index contributed by atoms with van der Waals surface area (Å²) in [4.78, 5) is 34.9. The predicted octanol–water partition coefficient (Wildman–Crippen LogP) is 2.25. The Labute approximate surface area is 148 Å². The van der Waals surface area contributed by atoms with Crippen LogP contribution in [0.25, 0.3) is 0 Å². The van der Waals surface area contributed by atoms with Crippen LogP contribution in [0.3, 0.4) is 0 Å². The van der Waals surface area contributed by atoms with Crippen molar-refractivity contribution in [3.8, 4) is 0 Å². The van der Waals surface area contributed by atoms with Gasteiger partial charge in [-0.05, 0) is 32.4 Å². The monoisotopic (exact) mass is 363 g/mol. The number of hydrogen-bond donors (Lipinski definition) is 2. The lowest BCUT2D eigenvalue weighted by Crippen LogP contribution is -2.37. The lowest BCUT2D eigenvalue weighted by molar-refractivity contribution is -0.148. The fourth-order valence-electron chi connectivity index (χ4n) is 2.18. The first-order valence-corrected chi connectivity index (χ1v) is 7.79. The number of anilines is 1. The fourth-order valence-corrected chi connectivity index (χ4v) is 2.18. The normalized spacial score (nSPS) is 10.3. The Morgan fingerprint density at radius 1 is 1.23 bits per heavy atom. The van der Waals surface area contributed by atoms with Gasteiger partial charge in [-0.15, -0.1) is 0 Å². The molecular weight excluding hydrogens is 345 g/mol. The number of hydrogen-bond acceptors (Lipinski definition) is 6. The van der Waals surface area contributed by atoms with E-state index in [1.807, 2.05) is 5.32 Å². The molecule has 2 aromatic rings. The molecule has 1 heterocycles. The maximum Gasteiger partial charge on any atom is 0.326 e. The van der Waals surface area contributed by atoms with E-state index < -0.39 is 30.3 Å². The van der Waals surface area contributed by atoms with Gasteiger partial charge in [0.1, 0.15) is 11.6 Å². The molecule has 0 fully saturated rings. The third-order valence-corrected chi connectivity index (χ3v) is 3.50. The number of benzene rings is 1. The van der Waals surface area contributed by atoms with Crippen LogP contribution in [0.15, 0.2) is 28.8 Å². The number of halogens is 1. The largest absolute Gasteiger partial charge is 0.456 e. The van der Waals surface area contributed by atoms with Crippen molar-refractivity contribution < 1.29 is 28.0 Å². The smallest absolute Gasteiger partial charge is 0.326 e. The van der Waals surface area contributed by atoms with Crippen LogP contribution < -0.4 is 10.6 Å². The van der Waals surface area contributed by atoms with Gasteiger partial charge >= 0.3 is 12.0 Å². The minimum atomic E-state index is -0.924. The zero-order valence-electron chi connectivity index (χ0n) is 14.3. The number of urea groups is 1. The zero-order chi connectivity index (χ0) is 19.1. The van der Waals surface area contributed by atoms with E-state index in [1.165, 1.54) is 18.2 Å². The van der Waals surface area contributed by atoms with Crippen molar-refractivity contribution >= 4 is 23.6 Å². The minimum absolute atomic E-state index is 0.0393. The molecule has 138 valence electrons. The van der Waals surface area contributed by atoms with Gasteiger partial charge < -0.3 is 14.6 Å². The minimum Gasteiger partial charge on any atom is -0.456 e. The van der Waals surface area contributed by atoms with E-state index in [0.717, 1.165) is 11.6 Å². The third-order valence-electron chi connectivity index (χ3n) is 3.50. The van der Waals surface area contributed by atoms with Crippen LogP contribution >= 0.6 is 0 Å². The number of esters is 1. The van der Waals surface area contributed by atoms with E-state index in [-0.39, 0.29) is 12.1 Å². The lowest BCUT2D eigenvalue weighted by Gasteiger charge is -2.08. The lowest BCUT2D eigenvalue weighted by atomic mass is 10.1. The molecule has 1 aromatic carbocycles. The molecular formula is C17H18FN3O5. The van der Waals surface area contributed by atoms with Gasteiger partial charge in [0, 0.05) is 12.0 Å². The van der Waals surface area contributed by atoms with Gasteiger partial charge in [-0.3, -0.25) is 14.9 Å². The number of nitrogens with zero attached hydrogens (tertiary/aromatic N) is 1. The molecule has 26 heavy (non-hydrogen) atoms. The van der Waals surface area contributed by atoms with Crippen molar-refractivity contribution in [3.63, 3.8) is 0 Å².